The topological polar surface area (TPSA) is 105 Å². The zero-order valence-electron chi connectivity index (χ0n) is 16.0. The Morgan fingerprint density at radius 3 is 2.79 bits per heavy atom. The summed E-state index contributed by atoms with van der Waals surface area (Å²) in [4.78, 5) is 26.4. The van der Waals surface area contributed by atoms with E-state index in [2.05, 4.69) is 5.10 Å². The summed E-state index contributed by atoms with van der Waals surface area (Å²) in [5.41, 5.74) is -0.275. The number of para-hydroxylation sites is 2. The van der Waals surface area contributed by atoms with Crippen molar-refractivity contribution in [2.45, 2.75) is 32.3 Å². The lowest BCUT2D eigenvalue weighted by Gasteiger charge is -2.43. The van der Waals surface area contributed by atoms with Crippen LogP contribution in [0.25, 0.3) is 5.69 Å². The molecule has 3 rings (SSSR count). The van der Waals surface area contributed by atoms with Crippen molar-refractivity contribution in [1.29, 1.82) is 0 Å². The minimum atomic E-state index is -1.33. The molecule has 0 radical (unpaired) electrons. The van der Waals surface area contributed by atoms with Gasteiger partial charge in [-0.15, -0.1) is 0 Å². The Morgan fingerprint density at radius 1 is 1.36 bits per heavy atom. The Morgan fingerprint density at radius 2 is 2.11 bits per heavy atom. The maximum atomic E-state index is 13.0. The number of aromatic nitrogens is 2. The van der Waals surface area contributed by atoms with Gasteiger partial charge in [0.1, 0.15) is 16.9 Å². The normalized spacial score (nSPS) is 22.1. The Balaban J connectivity index is 1.85. The molecule has 0 aliphatic carbocycles. The molecule has 28 heavy (non-hydrogen) atoms. The molecular weight excluding hydrogens is 362 g/mol. The average Bonchev–Trinajstić information content (AvgIpc) is 3.19. The summed E-state index contributed by atoms with van der Waals surface area (Å²) < 4.78 is 6.89. The second kappa shape index (κ2) is 8.02. The molecule has 2 aromatic rings. The Bertz CT molecular complexity index is 865. The molecule has 2 heterocycles. The molecule has 0 unspecified atom stereocenters. The fourth-order valence-corrected chi connectivity index (χ4v) is 3.83. The number of likely N-dealkylation sites (tertiary alicyclic amines) is 1. The van der Waals surface area contributed by atoms with Crippen LogP contribution in [0.15, 0.2) is 36.7 Å². The van der Waals surface area contributed by atoms with Crippen LogP contribution in [0.5, 0.6) is 5.75 Å². The van der Waals surface area contributed by atoms with Crippen molar-refractivity contribution in [3.63, 3.8) is 0 Å². The van der Waals surface area contributed by atoms with Crippen LogP contribution >= 0.6 is 0 Å². The molecule has 1 aromatic heterocycles. The smallest absolute Gasteiger partial charge is 0.314 e. The van der Waals surface area contributed by atoms with Crippen LogP contribution in [0, 0.1) is 5.41 Å². The van der Waals surface area contributed by atoms with E-state index in [-0.39, 0.29) is 18.9 Å². The van der Waals surface area contributed by atoms with E-state index < -0.39 is 17.5 Å². The number of nitrogens with zero attached hydrogens (tertiary/aromatic N) is 3. The molecule has 150 valence electrons. The van der Waals surface area contributed by atoms with Crippen LogP contribution in [-0.2, 0) is 4.79 Å². The van der Waals surface area contributed by atoms with E-state index in [1.54, 1.807) is 24.1 Å². The van der Waals surface area contributed by atoms with Crippen molar-refractivity contribution in [2.24, 2.45) is 5.41 Å². The van der Waals surface area contributed by atoms with E-state index in [0.29, 0.717) is 36.4 Å². The number of aliphatic hydroxyl groups is 1. The van der Waals surface area contributed by atoms with E-state index in [4.69, 9.17) is 4.74 Å². The van der Waals surface area contributed by atoms with Crippen LogP contribution < -0.4 is 4.74 Å². The number of rotatable bonds is 6. The molecule has 0 bridgehead atoms. The van der Waals surface area contributed by atoms with Gasteiger partial charge in [0.15, 0.2) is 0 Å². The van der Waals surface area contributed by atoms with Gasteiger partial charge in [0.2, 0.25) is 0 Å². The Kier molecular flexibility index (Phi) is 5.69. The van der Waals surface area contributed by atoms with Gasteiger partial charge in [0.25, 0.3) is 5.91 Å². The lowest BCUT2D eigenvalue weighted by atomic mass is 9.74. The number of benzene rings is 1. The van der Waals surface area contributed by atoms with Crippen molar-refractivity contribution in [2.75, 3.05) is 20.2 Å². The van der Waals surface area contributed by atoms with Gasteiger partial charge in [0, 0.05) is 19.3 Å². The van der Waals surface area contributed by atoms with Crippen molar-refractivity contribution in [3.05, 3.63) is 42.2 Å². The van der Waals surface area contributed by atoms with Crippen LogP contribution in [-0.4, -0.2) is 63.1 Å². The number of methoxy groups -OCH3 is 1. The molecule has 0 spiro atoms. The first kappa shape index (κ1) is 19.9. The molecule has 2 N–H and O–H groups in total. The van der Waals surface area contributed by atoms with Gasteiger partial charge in [-0.2, -0.15) is 5.10 Å². The summed E-state index contributed by atoms with van der Waals surface area (Å²) in [5, 5.41) is 24.4. The fraction of sp³-hybridized carbons (Fsp3) is 0.450. The van der Waals surface area contributed by atoms with Crippen molar-refractivity contribution < 1.29 is 24.5 Å². The van der Waals surface area contributed by atoms with Gasteiger partial charge >= 0.3 is 5.97 Å². The van der Waals surface area contributed by atoms with Gasteiger partial charge in [-0.3, -0.25) is 9.59 Å². The Labute approximate surface area is 163 Å². The minimum absolute atomic E-state index is 0.0178. The highest BCUT2D eigenvalue weighted by atomic mass is 16.5. The second-order valence-corrected chi connectivity index (χ2v) is 7.09. The second-order valence-electron chi connectivity index (χ2n) is 7.09. The van der Waals surface area contributed by atoms with Crippen LogP contribution in [0.4, 0.5) is 0 Å². The van der Waals surface area contributed by atoms with Gasteiger partial charge in [-0.1, -0.05) is 25.5 Å². The third-order valence-electron chi connectivity index (χ3n) is 5.35. The Hall–Kier alpha value is -2.87. The van der Waals surface area contributed by atoms with Gasteiger partial charge in [0.05, 0.1) is 25.0 Å². The van der Waals surface area contributed by atoms with Crippen LogP contribution in [0.3, 0.4) is 0 Å². The van der Waals surface area contributed by atoms with E-state index in [9.17, 15) is 19.8 Å². The summed E-state index contributed by atoms with van der Waals surface area (Å²) >= 11 is 0. The monoisotopic (exact) mass is 387 g/mol. The first-order chi connectivity index (χ1) is 13.4. The number of amides is 1. The highest BCUT2D eigenvalue weighted by Crippen LogP contribution is 2.36. The summed E-state index contributed by atoms with van der Waals surface area (Å²) in [6.45, 7) is 2.16. The minimum Gasteiger partial charge on any atom is -0.494 e. The lowest BCUT2D eigenvalue weighted by molar-refractivity contribution is -0.162. The quantitative estimate of drug-likeness (QED) is 0.785. The molecule has 1 saturated heterocycles. The number of ether oxygens (including phenoxy) is 1. The molecule has 1 fully saturated rings. The molecule has 2 atom stereocenters. The molecule has 1 amide bonds. The summed E-state index contributed by atoms with van der Waals surface area (Å²) in [6, 6.07) is 7.32. The molecular formula is C20H25N3O5. The number of carbonyl (C=O) groups excluding carboxylic acids is 1. The highest BCUT2D eigenvalue weighted by molar-refractivity contribution is 5.94. The summed E-state index contributed by atoms with van der Waals surface area (Å²) in [6.07, 6.45) is 3.25. The maximum Gasteiger partial charge on any atom is 0.314 e. The highest BCUT2D eigenvalue weighted by Gasteiger charge is 2.49. The number of carboxylic acids is 1. The van der Waals surface area contributed by atoms with Crippen molar-refractivity contribution >= 4 is 11.9 Å². The molecule has 1 aliphatic rings. The lowest BCUT2D eigenvalue weighted by Crippen LogP contribution is -2.57. The van der Waals surface area contributed by atoms with Crippen molar-refractivity contribution in [1.82, 2.24) is 14.7 Å². The summed E-state index contributed by atoms with van der Waals surface area (Å²) in [7, 11) is 1.56. The third-order valence-corrected chi connectivity index (χ3v) is 5.35. The zero-order valence-corrected chi connectivity index (χ0v) is 16.0. The van der Waals surface area contributed by atoms with E-state index in [1.807, 2.05) is 25.1 Å². The molecule has 8 nitrogen and oxygen atoms in total. The van der Waals surface area contributed by atoms with E-state index in [1.165, 1.54) is 11.1 Å². The number of hydrogen-bond donors (Lipinski definition) is 2. The number of hydrogen-bond acceptors (Lipinski definition) is 5. The number of carboxylic acid groups (broad SMARTS) is 1. The standard InChI is InChI=1S/C20H25N3O5/c1-3-9-20(19(26)27)13-22(10-8-17(20)24)18(25)14-11-21-23(12-14)15-6-4-5-7-16(15)28-2/h4-7,11-12,17,24H,3,8-10,13H2,1-2H3,(H,26,27)/t17-,20+/m0/s1. The first-order valence-corrected chi connectivity index (χ1v) is 9.31. The predicted octanol–water partition coefficient (Wildman–Crippen LogP) is 1.96. The van der Waals surface area contributed by atoms with Gasteiger partial charge in [-0.25, -0.2) is 4.68 Å². The molecule has 1 aromatic carbocycles. The average molecular weight is 387 g/mol. The molecule has 8 heteroatoms. The SMILES string of the molecule is CCC[C@@]1(C(=O)O)CN(C(=O)c2cnn(-c3ccccc3OC)c2)CC[C@@H]1O. The first-order valence-electron chi connectivity index (χ1n) is 9.31. The fourth-order valence-electron chi connectivity index (χ4n) is 3.83. The predicted molar refractivity (Wildman–Crippen MR) is 102 cm³/mol. The van der Waals surface area contributed by atoms with Crippen LogP contribution in [0.2, 0.25) is 0 Å². The van der Waals surface area contributed by atoms with E-state index in [0.717, 1.165) is 0 Å². The molecule has 1 aliphatic heterocycles. The van der Waals surface area contributed by atoms with Crippen molar-refractivity contribution in [3.8, 4) is 11.4 Å². The van der Waals surface area contributed by atoms with Gasteiger partial charge < -0.3 is 19.8 Å². The summed E-state index contributed by atoms with van der Waals surface area (Å²) in [5.74, 6) is -0.739. The number of piperidine rings is 1. The number of carbonyl (C=O) groups is 2. The largest absolute Gasteiger partial charge is 0.494 e. The van der Waals surface area contributed by atoms with Crippen LogP contribution in [0.1, 0.15) is 36.5 Å². The molecule has 0 saturated carbocycles. The van der Waals surface area contributed by atoms with Gasteiger partial charge in [-0.05, 0) is 25.0 Å². The maximum absolute atomic E-state index is 13.0. The number of aliphatic carboxylic acids is 1. The number of aliphatic hydroxyl groups excluding tert-OH is 1. The van der Waals surface area contributed by atoms with E-state index >= 15 is 0 Å². The third kappa shape index (κ3) is 3.47. The zero-order chi connectivity index (χ0) is 20.3.